The number of nitrogens with zero attached hydrogens (tertiary/aromatic N) is 3. The predicted molar refractivity (Wildman–Crippen MR) is 64.7 cm³/mol. The van der Waals surface area contributed by atoms with Crippen LogP contribution in [0.25, 0.3) is 0 Å². The van der Waals surface area contributed by atoms with E-state index < -0.39 is 10.0 Å². The minimum atomic E-state index is -3.67. The number of rotatable bonds is 4. The molecule has 8 nitrogen and oxygen atoms in total. The lowest BCUT2D eigenvalue weighted by molar-refractivity contribution is -0.00461. The van der Waals surface area contributed by atoms with Crippen LogP contribution in [-0.4, -0.2) is 62.4 Å². The van der Waals surface area contributed by atoms with Gasteiger partial charge in [-0.15, -0.1) is 10.2 Å². The highest BCUT2D eigenvalue weighted by atomic mass is 32.2. The molecule has 0 aliphatic carbocycles. The smallest absolute Gasteiger partial charge is 0.272 e. The molecule has 2 heterocycles. The van der Waals surface area contributed by atoms with Crippen LogP contribution in [0.1, 0.15) is 0 Å². The Morgan fingerprint density at radius 2 is 1.83 bits per heavy atom. The Labute approximate surface area is 109 Å². The lowest BCUT2D eigenvalue weighted by Crippen LogP contribution is -2.30. The third-order valence-corrected chi connectivity index (χ3v) is 5.70. The van der Waals surface area contributed by atoms with Crippen LogP contribution in [-0.2, 0) is 19.5 Å². The molecule has 0 radical (unpaired) electrons. The molecule has 10 heteroatoms. The van der Waals surface area contributed by atoms with E-state index in [0.29, 0.717) is 0 Å². The van der Waals surface area contributed by atoms with E-state index in [1.54, 1.807) is 0 Å². The Morgan fingerprint density at radius 1 is 1.28 bits per heavy atom. The van der Waals surface area contributed by atoms with Gasteiger partial charge in [0, 0.05) is 27.3 Å². The van der Waals surface area contributed by atoms with Crippen LogP contribution >= 0.6 is 11.3 Å². The molecule has 1 aromatic heterocycles. The topological polar surface area (TPSA) is 108 Å². The maximum absolute atomic E-state index is 12.2. The van der Waals surface area contributed by atoms with E-state index in [4.69, 9.17) is 15.2 Å². The molecule has 2 rings (SSSR count). The second-order valence-corrected chi connectivity index (χ2v) is 6.90. The monoisotopic (exact) mass is 294 g/mol. The van der Waals surface area contributed by atoms with Crippen LogP contribution in [0.3, 0.4) is 0 Å². The molecule has 1 aliphatic heterocycles. The zero-order chi connectivity index (χ0) is 13.3. The highest BCUT2D eigenvalue weighted by Crippen LogP contribution is 2.26. The number of sulfonamides is 1. The van der Waals surface area contributed by atoms with E-state index in [9.17, 15) is 8.42 Å². The van der Waals surface area contributed by atoms with Gasteiger partial charge in [0.2, 0.25) is 9.47 Å². The number of aromatic nitrogens is 2. The molecule has 102 valence electrons. The molecule has 0 aromatic carbocycles. The SMILES string of the molecule is COC1CN(S(=O)(=O)c2nnc(N)s2)CC1OC. The fourth-order valence-electron chi connectivity index (χ4n) is 1.80. The van der Waals surface area contributed by atoms with Crippen LogP contribution in [0.4, 0.5) is 5.13 Å². The summed E-state index contributed by atoms with van der Waals surface area (Å²) in [5, 5.41) is 7.20. The first kappa shape index (κ1) is 13.6. The average molecular weight is 294 g/mol. The van der Waals surface area contributed by atoms with Crippen LogP contribution in [0.5, 0.6) is 0 Å². The zero-order valence-corrected chi connectivity index (χ0v) is 11.6. The van der Waals surface area contributed by atoms with Crippen molar-refractivity contribution in [3.05, 3.63) is 0 Å². The molecule has 2 N–H and O–H groups in total. The minimum Gasteiger partial charge on any atom is -0.377 e. The second kappa shape index (κ2) is 5.05. The van der Waals surface area contributed by atoms with Gasteiger partial charge in [-0.25, -0.2) is 8.42 Å². The first-order valence-electron chi connectivity index (χ1n) is 5.13. The summed E-state index contributed by atoms with van der Waals surface area (Å²) in [4.78, 5) is 0. The first-order chi connectivity index (χ1) is 8.48. The molecule has 2 unspecified atom stereocenters. The van der Waals surface area contributed by atoms with E-state index in [2.05, 4.69) is 10.2 Å². The standard InChI is InChI=1S/C8H14N4O4S2/c1-15-5-3-12(4-6(5)16-2)18(13,14)8-11-10-7(9)17-8/h5-6H,3-4H2,1-2H3,(H2,9,10). The molecule has 0 bridgehead atoms. The molecular formula is C8H14N4O4S2. The number of ether oxygens (including phenoxy) is 2. The quantitative estimate of drug-likeness (QED) is 0.771. The van der Waals surface area contributed by atoms with Crippen LogP contribution in [0.2, 0.25) is 0 Å². The van der Waals surface area contributed by atoms with Crippen LogP contribution in [0, 0.1) is 0 Å². The lowest BCUT2D eigenvalue weighted by atomic mass is 10.3. The van der Waals surface area contributed by atoms with Gasteiger partial charge in [-0.2, -0.15) is 4.31 Å². The van der Waals surface area contributed by atoms with Gasteiger partial charge < -0.3 is 15.2 Å². The Kier molecular flexibility index (Phi) is 3.82. The van der Waals surface area contributed by atoms with Gasteiger partial charge in [0.1, 0.15) is 0 Å². The summed E-state index contributed by atoms with van der Waals surface area (Å²) in [6.45, 7) is 0.466. The van der Waals surface area contributed by atoms with E-state index in [-0.39, 0.29) is 34.8 Å². The van der Waals surface area contributed by atoms with Gasteiger partial charge in [0.05, 0.1) is 12.2 Å². The van der Waals surface area contributed by atoms with E-state index in [0.717, 1.165) is 11.3 Å². The van der Waals surface area contributed by atoms with Gasteiger partial charge in [-0.05, 0) is 0 Å². The molecule has 2 atom stereocenters. The number of methoxy groups -OCH3 is 2. The van der Waals surface area contributed by atoms with Crippen molar-refractivity contribution in [1.82, 2.24) is 14.5 Å². The summed E-state index contributed by atoms with van der Waals surface area (Å²) >= 11 is 0.843. The third kappa shape index (κ3) is 2.34. The largest absolute Gasteiger partial charge is 0.377 e. The van der Waals surface area contributed by atoms with Crippen LogP contribution < -0.4 is 5.73 Å². The third-order valence-electron chi connectivity index (χ3n) is 2.77. The summed E-state index contributed by atoms with van der Waals surface area (Å²) < 4.78 is 36.0. The van der Waals surface area contributed by atoms with Gasteiger partial charge in [0.15, 0.2) is 0 Å². The summed E-state index contributed by atoms with van der Waals surface area (Å²) in [5.41, 5.74) is 5.39. The first-order valence-corrected chi connectivity index (χ1v) is 7.39. The molecule has 0 saturated carbocycles. The Morgan fingerprint density at radius 3 is 2.22 bits per heavy atom. The highest BCUT2D eigenvalue weighted by Gasteiger charge is 2.41. The predicted octanol–water partition coefficient (Wildman–Crippen LogP) is -0.845. The molecule has 0 amide bonds. The second-order valence-electron chi connectivity index (χ2n) is 3.78. The summed E-state index contributed by atoms with van der Waals surface area (Å²) in [5.74, 6) is 0. The zero-order valence-electron chi connectivity index (χ0n) is 9.94. The molecule has 18 heavy (non-hydrogen) atoms. The summed E-state index contributed by atoms with van der Waals surface area (Å²) in [6.07, 6.45) is -0.565. The highest BCUT2D eigenvalue weighted by molar-refractivity contribution is 7.91. The normalized spacial score (nSPS) is 25.7. The molecular weight excluding hydrogens is 280 g/mol. The van der Waals surface area contributed by atoms with Crippen molar-refractivity contribution in [2.45, 2.75) is 16.5 Å². The number of hydrogen-bond acceptors (Lipinski definition) is 8. The van der Waals surface area contributed by atoms with Crippen molar-refractivity contribution in [2.24, 2.45) is 0 Å². The molecule has 1 aliphatic rings. The van der Waals surface area contributed by atoms with Gasteiger partial charge in [0.25, 0.3) is 10.0 Å². The maximum atomic E-state index is 12.2. The minimum absolute atomic E-state index is 0.105. The summed E-state index contributed by atoms with van der Waals surface area (Å²) in [6, 6.07) is 0. The van der Waals surface area contributed by atoms with E-state index >= 15 is 0 Å². The number of nitrogen functional groups attached to an aromatic ring is 1. The Balaban J connectivity index is 2.22. The van der Waals surface area contributed by atoms with Crippen molar-refractivity contribution in [1.29, 1.82) is 0 Å². The van der Waals surface area contributed by atoms with Crippen molar-refractivity contribution in [2.75, 3.05) is 33.0 Å². The van der Waals surface area contributed by atoms with Crippen molar-refractivity contribution in [3.63, 3.8) is 0 Å². The van der Waals surface area contributed by atoms with Crippen molar-refractivity contribution >= 4 is 26.5 Å². The van der Waals surface area contributed by atoms with Gasteiger partial charge in [-0.3, -0.25) is 0 Å². The van der Waals surface area contributed by atoms with Crippen molar-refractivity contribution in [3.8, 4) is 0 Å². The molecule has 1 saturated heterocycles. The molecule has 0 spiro atoms. The Hall–Kier alpha value is -0.810. The summed E-state index contributed by atoms with van der Waals surface area (Å²) in [7, 11) is -0.619. The van der Waals surface area contributed by atoms with Crippen LogP contribution in [0.15, 0.2) is 4.34 Å². The fourth-order valence-corrected chi connectivity index (χ4v) is 4.18. The molecule has 1 fully saturated rings. The number of hydrogen-bond donors (Lipinski definition) is 1. The van der Waals surface area contributed by atoms with Crippen molar-refractivity contribution < 1.29 is 17.9 Å². The number of nitrogens with two attached hydrogens (primary N) is 1. The average Bonchev–Trinajstić information content (AvgIpc) is 2.94. The Bertz CT molecular complexity index is 505. The van der Waals surface area contributed by atoms with E-state index in [1.807, 2.05) is 0 Å². The lowest BCUT2D eigenvalue weighted by Gasteiger charge is -2.13. The van der Waals surface area contributed by atoms with Gasteiger partial charge in [-0.1, -0.05) is 11.3 Å². The number of anilines is 1. The van der Waals surface area contributed by atoms with E-state index in [1.165, 1.54) is 18.5 Å². The van der Waals surface area contributed by atoms with Gasteiger partial charge >= 0.3 is 0 Å². The molecule has 1 aromatic rings. The fraction of sp³-hybridized carbons (Fsp3) is 0.750. The maximum Gasteiger partial charge on any atom is 0.272 e.